The second-order valence-corrected chi connectivity index (χ2v) is 6.89. The highest BCUT2D eigenvalue weighted by Crippen LogP contribution is 2.42. The maximum atomic E-state index is 5.03. The van der Waals surface area contributed by atoms with Gasteiger partial charge in [0.25, 0.3) is 0 Å². The molecule has 0 aromatic carbocycles. The maximum absolute atomic E-state index is 5.03. The summed E-state index contributed by atoms with van der Waals surface area (Å²) in [6, 6.07) is 6.06. The van der Waals surface area contributed by atoms with Crippen molar-refractivity contribution in [1.29, 1.82) is 0 Å². The van der Waals surface area contributed by atoms with Crippen molar-refractivity contribution in [2.24, 2.45) is 0 Å². The molecule has 0 bridgehead atoms. The van der Waals surface area contributed by atoms with Crippen LogP contribution in [0.15, 0.2) is 36.8 Å². The monoisotopic (exact) mass is 332 g/mol. The number of aromatic nitrogens is 4. The predicted molar refractivity (Wildman–Crippen MR) is 97.8 cm³/mol. The molecule has 5 heterocycles. The topological polar surface area (TPSA) is 69.7 Å². The standard InChI is InChI=1S/C19H20N6/c1-25-9-3-4-12(11-25)18-23-16-13-6-8-20-10-15(13)22-19-14(17(16)24-18)5-2-7-21-19/h2,5-8,10,12H,3-4,9,11H2,1H3,(H,21,22)(H,23,24). The molecule has 3 aromatic heterocycles. The van der Waals surface area contributed by atoms with E-state index >= 15 is 0 Å². The van der Waals surface area contributed by atoms with Crippen LogP contribution in [0.2, 0.25) is 0 Å². The minimum absolute atomic E-state index is 0.448. The van der Waals surface area contributed by atoms with Crippen molar-refractivity contribution in [2.75, 3.05) is 25.5 Å². The first-order chi connectivity index (χ1) is 12.3. The van der Waals surface area contributed by atoms with Gasteiger partial charge in [-0.05, 0) is 44.6 Å². The van der Waals surface area contributed by atoms with Gasteiger partial charge in [0.15, 0.2) is 0 Å². The van der Waals surface area contributed by atoms with Crippen molar-refractivity contribution in [1.82, 2.24) is 24.8 Å². The average molecular weight is 332 g/mol. The third-order valence-electron chi connectivity index (χ3n) is 5.14. The Kier molecular flexibility index (Phi) is 3.31. The number of fused-ring (bicyclic) bond motifs is 5. The number of likely N-dealkylation sites (tertiary alicyclic amines) is 1. The Morgan fingerprint density at radius 1 is 1.20 bits per heavy atom. The largest absolute Gasteiger partial charge is 0.341 e. The number of nitrogens with one attached hydrogen (secondary N) is 2. The van der Waals surface area contributed by atoms with Crippen LogP contribution in [0.1, 0.15) is 24.6 Å². The van der Waals surface area contributed by atoms with Crippen LogP contribution in [0.4, 0.5) is 11.5 Å². The quantitative estimate of drug-likeness (QED) is 0.559. The van der Waals surface area contributed by atoms with E-state index in [1.165, 1.54) is 19.4 Å². The molecule has 0 saturated carbocycles. The molecule has 1 unspecified atom stereocenters. The molecule has 1 atom stereocenters. The number of anilines is 2. The lowest BCUT2D eigenvalue weighted by Gasteiger charge is -2.28. The van der Waals surface area contributed by atoms with Crippen LogP contribution in [0.5, 0.6) is 0 Å². The molecule has 0 spiro atoms. The Labute approximate surface area is 146 Å². The van der Waals surface area contributed by atoms with Gasteiger partial charge in [-0.2, -0.15) is 0 Å². The lowest BCUT2D eigenvalue weighted by molar-refractivity contribution is 0.246. The molecule has 1 fully saturated rings. The van der Waals surface area contributed by atoms with Crippen molar-refractivity contribution < 1.29 is 0 Å². The fourth-order valence-corrected chi connectivity index (χ4v) is 3.90. The normalized spacial score (nSPS) is 19.3. The molecule has 0 radical (unpaired) electrons. The fraction of sp³-hybridized carbons (Fsp3) is 0.316. The fourth-order valence-electron chi connectivity index (χ4n) is 3.90. The molecule has 2 N–H and O–H groups in total. The Hall–Kier alpha value is -2.73. The number of nitrogens with zero attached hydrogens (tertiary/aromatic N) is 4. The summed E-state index contributed by atoms with van der Waals surface area (Å²) in [6.45, 7) is 2.22. The number of imidazole rings is 1. The second kappa shape index (κ2) is 5.67. The molecule has 2 aliphatic heterocycles. The summed E-state index contributed by atoms with van der Waals surface area (Å²) in [4.78, 5) is 19.8. The highest BCUT2D eigenvalue weighted by atomic mass is 15.1. The molecule has 126 valence electrons. The zero-order chi connectivity index (χ0) is 16.8. The predicted octanol–water partition coefficient (Wildman–Crippen LogP) is 3.40. The Balaban J connectivity index is 1.69. The van der Waals surface area contributed by atoms with Crippen molar-refractivity contribution in [2.45, 2.75) is 18.8 Å². The zero-order valence-electron chi connectivity index (χ0n) is 14.2. The van der Waals surface area contributed by atoms with E-state index in [9.17, 15) is 0 Å². The van der Waals surface area contributed by atoms with Crippen LogP contribution in [0.3, 0.4) is 0 Å². The van der Waals surface area contributed by atoms with Crippen molar-refractivity contribution >= 4 is 11.5 Å². The molecule has 0 amide bonds. The van der Waals surface area contributed by atoms with Gasteiger partial charge in [0.05, 0.1) is 17.6 Å². The molecule has 6 heteroatoms. The zero-order valence-corrected chi connectivity index (χ0v) is 14.2. The Bertz CT molecular complexity index is 868. The molecular formula is C19H20N6. The van der Waals surface area contributed by atoms with Gasteiger partial charge in [0.1, 0.15) is 17.3 Å². The number of hydrogen-bond donors (Lipinski definition) is 2. The summed E-state index contributed by atoms with van der Waals surface area (Å²) in [6.07, 6.45) is 7.86. The van der Waals surface area contributed by atoms with Crippen molar-refractivity contribution in [3.8, 4) is 22.5 Å². The molecule has 25 heavy (non-hydrogen) atoms. The van der Waals surface area contributed by atoms with E-state index in [-0.39, 0.29) is 0 Å². The van der Waals surface area contributed by atoms with Crippen LogP contribution < -0.4 is 5.32 Å². The highest BCUT2D eigenvalue weighted by molar-refractivity contribution is 5.94. The maximum Gasteiger partial charge on any atom is 0.139 e. The smallest absolute Gasteiger partial charge is 0.139 e. The number of likely N-dealkylation sites (N-methyl/N-ethyl adjacent to an activating group) is 1. The van der Waals surface area contributed by atoms with Gasteiger partial charge < -0.3 is 15.2 Å². The Morgan fingerprint density at radius 2 is 2.16 bits per heavy atom. The summed E-state index contributed by atoms with van der Waals surface area (Å²) in [5.41, 5.74) is 5.10. The summed E-state index contributed by atoms with van der Waals surface area (Å²) < 4.78 is 0. The van der Waals surface area contributed by atoms with Crippen LogP contribution in [-0.4, -0.2) is 45.0 Å². The third kappa shape index (κ3) is 2.41. The second-order valence-electron chi connectivity index (χ2n) is 6.89. The van der Waals surface area contributed by atoms with E-state index in [0.717, 1.165) is 46.4 Å². The molecule has 5 rings (SSSR count). The van der Waals surface area contributed by atoms with Crippen LogP contribution in [0, 0.1) is 0 Å². The third-order valence-corrected chi connectivity index (χ3v) is 5.14. The van der Waals surface area contributed by atoms with Gasteiger partial charge in [-0.25, -0.2) is 9.97 Å². The van der Waals surface area contributed by atoms with E-state index in [1.54, 1.807) is 6.20 Å². The van der Waals surface area contributed by atoms with E-state index in [1.807, 2.05) is 24.5 Å². The van der Waals surface area contributed by atoms with Gasteiger partial charge in [0.2, 0.25) is 0 Å². The number of aromatic amines is 1. The van der Waals surface area contributed by atoms with Crippen LogP contribution in [0.25, 0.3) is 22.5 Å². The minimum atomic E-state index is 0.448. The molecule has 6 nitrogen and oxygen atoms in total. The van der Waals surface area contributed by atoms with Gasteiger partial charge in [-0.1, -0.05) is 0 Å². The first kappa shape index (κ1) is 14.6. The van der Waals surface area contributed by atoms with Crippen molar-refractivity contribution in [3.05, 3.63) is 42.6 Å². The molecule has 0 aliphatic carbocycles. The van der Waals surface area contributed by atoms with Crippen LogP contribution in [-0.2, 0) is 0 Å². The number of piperidine rings is 1. The first-order valence-corrected chi connectivity index (χ1v) is 8.75. The first-order valence-electron chi connectivity index (χ1n) is 8.75. The summed E-state index contributed by atoms with van der Waals surface area (Å²) >= 11 is 0. The van der Waals surface area contributed by atoms with Crippen LogP contribution >= 0.6 is 0 Å². The van der Waals surface area contributed by atoms with Gasteiger partial charge in [0, 0.05) is 36.0 Å². The van der Waals surface area contributed by atoms with E-state index in [0.29, 0.717) is 5.92 Å². The SMILES string of the molecule is CN1CCCC(c2nc3c([nH]2)-c2ccncc2Nc2ncccc2-3)C1. The van der Waals surface area contributed by atoms with E-state index < -0.39 is 0 Å². The molecule has 1 saturated heterocycles. The number of rotatable bonds is 1. The van der Waals surface area contributed by atoms with Gasteiger partial charge >= 0.3 is 0 Å². The highest BCUT2D eigenvalue weighted by Gasteiger charge is 2.27. The average Bonchev–Trinajstić information content (AvgIpc) is 3.03. The van der Waals surface area contributed by atoms with E-state index in [2.05, 4.69) is 38.3 Å². The molecular weight excluding hydrogens is 312 g/mol. The lowest BCUT2D eigenvalue weighted by Crippen LogP contribution is -2.31. The summed E-state index contributed by atoms with van der Waals surface area (Å²) in [5.74, 6) is 2.36. The Morgan fingerprint density at radius 3 is 3.08 bits per heavy atom. The lowest BCUT2D eigenvalue weighted by atomic mass is 9.98. The summed E-state index contributed by atoms with van der Waals surface area (Å²) in [5, 5.41) is 3.40. The number of H-pyrrole nitrogens is 1. The molecule has 2 aliphatic rings. The van der Waals surface area contributed by atoms with E-state index in [4.69, 9.17) is 4.98 Å². The van der Waals surface area contributed by atoms with Crippen molar-refractivity contribution in [3.63, 3.8) is 0 Å². The minimum Gasteiger partial charge on any atom is -0.341 e. The summed E-state index contributed by atoms with van der Waals surface area (Å²) in [7, 11) is 2.18. The molecule has 3 aromatic rings. The number of pyridine rings is 2. The van der Waals surface area contributed by atoms with Gasteiger partial charge in [-0.15, -0.1) is 0 Å². The van der Waals surface area contributed by atoms with Gasteiger partial charge in [-0.3, -0.25) is 4.98 Å². The number of hydrogen-bond acceptors (Lipinski definition) is 5.